The molecule has 2 amide bonds. The van der Waals surface area contributed by atoms with Crippen LogP contribution in [0.4, 0.5) is 11.4 Å². The Kier molecular flexibility index (Phi) is 7.59. The predicted molar refractivity (Wildman–Crippen MR) is 124 cm³/mol. The Balaban J connectivity index is 0.00000341. The van der Waals surface area contributed by atoms with Crippen molar-refractivity contribution in [3.8, 4) is 0 Å². The number of carbonyl (C=O) groups excluding carboxylic acids is 2. The highest BCUT2D eigenvalue weighted by atomic mass is 35.5. The molecule has 0 saturated heterocycles. The first-order chi connectivity index (χ1) is 14.1. The summed E-state index contributed by atoms with van der Waals surface area (Å²) in [5, 5.41) is 8.40. The van der Waals surface area contributed by atoms with Gasteiger partial charge in [-0.15, -0.1) is 12.4 Å². The average Bonchev–Trinajstić information content (AvgIpc) is 2.70. The summed E-state index contributed by atoms with van der Waals surface area (Å²) in [5.41, 5.74) is 1.65. The maximum Gasteiger partial charge on any atom is 0.265 e. The second-order valence-corrected chi connectivity index (χ2v) is 9.19. The van der Waals surface area contributed by atoms with Gasteiger partial charge in [0.15, 0.2) is 0 Å². The van der Waals surface area contributed by atoms with Gasteiger partial charge in [-0.1, -0.05) is 23.7 Å². The summed E-state index contributed by atoms with van der Waals surface area (Å²) in [4.78, 5) is 25.5. The Hall–Kier alpha value is -2.33. The highest BCUT2D eigenvalue weighted by molar-refractivity contribution is 7.93. The average molecular weight is 487 g/mol. The van der Waals surface area contributed by atoms with Crippen LogP contribution in [0.15, 0.2) is 41.3 Å². The summed E-state index contributed by atoms with van der Waals surface area (Å²) in [7, 11) is -1.31. The number of fused-ring (bicyclic) bond motifs is 1. The molecule has 0 radical (unpaired) electrons. The fourth-order valence-corrected chi connectivity index (χ4v) is 5.68. The van der Waals surface area contributed by atoms with Gasteiger partial charge in [0.25, 0.3) is 15.9 Å². The number of hydrogen-bond acceptors (Lipinski definition) is 5. The molecule has 1 aliphatic rings. The Bertz CT molecular complexity index is 1120. The van der Waals surface area contributed by atoms with Gasteiger partial charge in [-0.05, 0) is 56.3 Å². The zero-order chi connectivity index (χ0) is 22.2. The Labute approximate surface area is 192 Å². The number of rotatable bonds is 5. The lowest BCUT2D eigenvalue weighted by atomic mass is 10.0. The van der Waals surface area contributed by atoms with Gasteiger partial charge in [-0.3, -0.25) is 9.59 Å². The molecule has 3 rings (SSSR count). The van der Waals surface area contributed by atoms with Crippen LogP contribution in [0, 0.1) is 13.8 Å². The third-order valence-electron chi connectivity index (χ3n) is 5.07. The number of anilines is 2. The molecule has 8 nitrogen and oxygen atoms in total. The van der Waals surface area contributed by atoms with Crippen molar-refractivity contribution in [2.75, 3.05) is 23.7 Å². The first kappa shape index (κ1) is 24.9. The Morgan fingerprint density at radius 1 is 1.16 bits per heavy atom. The summed E-state index contributed by atoms with van der Waals surface area (Å²) < 4.78 is 28.8. The number of hydrogen-bond donors (Lipinski definition) is 3. The molecule has 3 N–H and O–H groups in total. The number of sulfonamides is 1. The normalized spacial score (nSPS) is 16.6. The second-order valence-electron chi connectivity index (χ2n) is 7.00. The number of carbonyl (C=O) groups is 2. The first-order valence-electron chi connectivity index (χ1n) is 9.23. The molecule has 11 heteroatoms. The molecule has 0 saturated carbocycles. The lowest BCUT2D eigenvalue weighted by Crippen LogP contribution is -2.63. The largest absolute Gasteiger partial charge is 0.358 e. The predicted octanol–water partition coefficient (Wildman–Crippen LogP) is 2.23. The number of aryl methyl sites for hydroxylation is 2. The molecule has 1 aliphatic heterocycles. The quantitative estimate of drug-likeness (QED) is 0.600. The third kappa shape index (κ3) is 4.36. The van der Waals surface area contributed by atoms with E-state index in [0.29, 0.717) is 21.8 Å². The molecule has 1 unspecified atom stereocenters. The Morgan fingerprint density at radius 2 is 1.81 bits per heavy atom. The molecule has 2 atom stereocenters. The lowest BCUT2D eigenvalue weighted by molar-refractivity contribution is -0.127. The van der Waals surface area contributed by atoms with Crippen molar-refractivity contribution in [2.24, 2.45) is 0 Å². The number of likely N-dealkylation sites (N-methyl/N-ethyl adjacent to an activating group) is 2. The highest BCUT2D eigenvalue weighted by Gasteiger charge is 2.47. The molecular formula is C20H24Cl2N4O4S. The van der Waals surface area contributed by atoms with Crippen molar-refractivity contribution >= 4 is 57.2 Å². The highest BCUT2D eigenvalue weighted by Crippen LogP contribution is 2.38. The van der Waals surface area contributed by atoms with Gasteiger partial charge in [-0.2, -0.15) is 0 Å². The van der Waals surface area contributed by atoms with Crippen molar-refractivity contribution in [1.82, 2.24) is 10.6 Å². The molecular weight excluding hydrogens is 463 g/mol. The molecule has 0 spiro atoms. The van der Waals surface area contributed by atoms with E-state index in [1.54, 1.807) is 44.2 Å². The van der Waals surface area contributed by atoms with Crippen LogP contribution in [0.3, 0.4) is 0 Å². The molecule has 0 bridgehead atoms. The summed E-state index contributed by atoms with van der Waals surface area (Å²) in [6.07, 6.45) is 0. The number of amides is 2. The van der Waals surface area contributed by atoms with Crippen LogP contribution in [0.2, 0.25) is 5.02 Å². The van der Waals surface area contributed by atoms with Crippen LogP contribution in [-0.4, -0.2) is 46.4 Å². The maximum atomic E-state index is 13.9. The van der Waals surface area contributed by atoms with Gasteiger partial charge in [0.1, 0.15) is 12.1 Å². The van der Waals surface area contributed by atoms with Crippen molar-refractivity contribution < 1.29 is 18.0 Å². The maximum absolute atomic E-state index is 13.9. The molecule has 2 aromatic carbocycles. The first-order valence-corrected chi connectivity index (χ1v) is 11.0. The van der Waals surface area contributed by atoms with E-state index in [0.717, 1.165) is 4.31 Å². The van der Waals surface area contributed by atoms with E-state index in [2.05, 4.69) is 16.0 Å². The summed E-state index contributed by atoms with van der Waals surface area (Å²) in [6, 6.07) is 7.16. The van der Waals surface area contributed by atoms with Crippen LogP contribution < -0.4 is 20.3 Å². The topological polar surface area (TPSA) is 108 Å². The molecule has 168 valence electrons. The summed E-state index contributed by atoms with van der Waals surface area (Å²) in [5.74, 6) is -1.12. The van der Waals surface area contributed by atoms with E-state index in [4.69, 9.17) is 11.6 Å². The minimum Gasteiger partial charge on any atom is -0.358 e. The number of para-hydroxylation sites is 2. The minimum atomic E-state index is -4.23. The van der Waals surface area contributed by atoms with E-state index in [1.165, 1.54) is 20.2 Å². The second kappa shape index (κ2) is 9.44. The number of benzene rings is 2. The van der Waals surface area contributed by atoms with Gasteiger partial charge in [0.2, 0.25) is 5.91 Å². The van der Waals surface area contributed by atoms with E-state index >= 15 is 0 Å². The van der Waals surface area contributed by atoms with Crippen LogP contribution in [0.25, 0.3) is 0 Å². The monoisotopic (exact) mass is 486 g/mol. The van der Waals surface area contributed by atoms with Gasteiger partial charge >= 0.3 is 0 Å². The van der Waals surface area contributed by atoms with Crippen LogP contribution in [0.5, 0.6) is 0 Å². The molecule has 2 aromatic rings. The zero-order valence-corrected chi connectivity index (χ0v) is 19.8. The SMILES string of the molecule is CNC(=O)C(NC)[C@H]1C(=O)Nc2ccccc2N1S(=O)(=O)c1cc(C)c(Cl)cc1C.Cl. The standard InChI is InChI=1S/C20H23ClN4O4S.ClH/c1-11-10-16(12(2)9-13(11)21)30(28,29)25-15-8-6-5-7-14(15)24-20(27)18(25)17(22-3)19(26)23-4;/h5-10,17-18,22H,1-4H3,(H,23,26)(H,24,27);1H/t17?,18-;/m0./s1. The lowest BCUT2D eigenvalue weighted by Gasteiger charge is -2.40. The Morgan fingerprint density at radius 3 is 2.42 bits per heavy atom. The fraction of sp³-hybridized carbons (Fsp3) is 0.300. The van der Waals surface area contributed by atoms with Gasteiger partial charge in [-0.25, -0.2) is 12.7 Å². The number of nitrogens with one attached hydrogen (secondary N) is 3. The van der Waals surface area contributed by atoms with E-state index in [1.807, 2.05) is 0 Å². The smallest absolute Gasteiger partial charge is 0.265 e. The van der Waals surface area contributed by atoms with Gasteiger partial charge in [0.05, 0.1) is 16.3 Å². The molecule has 31 heavy (non-hydrogen) atoms. The van der Waals surface area contributed by atoms with Crippen molar-refractivity contribution in [2.45, 2.75) is 30.8 Å². The van der Waals surface area contributed by atoms with Crippen LogP contribution in [-0.2, 0) is 19.6 Å². The van der Waals surface area contributed by atoms with Gasteiger partial charge in [0, 0.05) is 12.1 Å². The van der Waals surface area contributed by atoms with E-state index in [9.17, 15) is 18.0 Å². The zero-order valence-electron chi connectivity index (χ0n) is 17.4. The van der Waals surface area contributed by atoms with Crippen molar-refractivity contribution in [3.05, 3.63) is 52.5 Å². The number of halogens is 2. The van der Waals surface area contributed by atoms with Crippen LogP contribution in [0.1, 0.15) is 11.1 Å². The fourth-order valence-electron chi connectivity index (χ4n) is 3.53. The van der Waals surface area contributed by atoms with Gasteiger partial charge < -0.3 is 16.0 Å². The van der Waals surface area contributed by atoms with Crippen LogP contribution >= 0.6 is 24.0 Å². The molecule has 0 aliphatic carbocycles. The van der Waals surface area contributed by atoms with Crippen molar-refractivity contribution in [1.29, 1.82) is 0 Å². The summed E-state index contributed by atoms with van der Waals surface area (Å²) in [6.45, 7) is 3.34. The minimum absolute atomic E-state index is 0. The molecule has 0 fully saturated rings. The van der Waals surface area contributed by atoms with E-state index in [-0.39, 0.29) is 23.0 Å². The third-order valence-corrected chi connectivity index (χ3v) is 7.41. The van der Waals surface area contributed by atoms with Crippen molar-refractivity contribution in [3.63, 3.8) is 0 Å². The summed E-state index contributed by atoms with van der Waals surface area (Å²) >= 11 is 6.15. The number of nitrogens with zero attached hydrogens (tertiary/aromatic N) is 1. The molecule has 0 aromatic heterocycles. The molecule has 1 heterocycles. The van der Waals surface area contributed by atoms with E-state index < -0.39 is 33.9 Å².